The predicted molar refractivity (Wildman–Crippen MR) is 73.0 cm³/mol. The Labute approximate surface area is 117 Å². The van der Waals surface area contributed by atoms with Crippen molar-refractivity contribution >= 4 is 11.6 Å². The number of aliphatic hydroxyl groups is 1. The average Bonchev–Trinajstić information content (AvgIpc) is 2.98. The van der Waals surface area contributed by atoms with Crippen LogP contribution in [-0.4, -0.2) is 22.5 Å². The molecule has 108 valence electrons. The summed E-state index contributed by atoms with van der Waals surface area (Å²) in [6.45, 7) is 0.132. The van der Waals surface area contributed by atoms with Crippen molar-refractivity contribution in [2.45, 2.75) is 31.8 Å². The fraction of sp³-hybridized carbons (Fsp3) is 0.500. The molecule has 1 atom stereocenters. The largest absolute Gasteiger partial charge is 0.387 e. The van der Waals surface area contributed by atoms with Crippen LogP contribution >= 0.6 is 0 Å². The summed E-state index contributed by atoms with van der Waals surface area (Å²) < 4.78 is 0. The number of carbonyl (C=O) groups is 1. The van der Waals surface area contributed by atoms with Gasteiger partial charge in [-0.15, -0.1) is 0 Å². The van der Waals surface area contributed by atoms with Gasteiger partial charge in [-0.2, -0.15) is 0 Å². The Kier molecular flexibility index (Phi) is 4.68. The molecule has 2 N–H and O–H groups in total. The lowest BCUT2D eigenvalue weighted by Gasteiger charge is -2.14. The number of nitro benzene ring substituents is 1. The number of hydrogen-bond acceptors (Lipinski definition) is 4. The van der Waals surface area contributed by atoms with Gasteiger partial charge in [0, 0.05) is 24.6 Å². The van der Waals surface area contributed by atoms with Crippen LogP contribution in [0.4, 0.5) is 5.69 Å². The minimum atomic E-state index is -0.846. The number of non-ortho nitro benzene ring substituents is 1. The molecule has 1 fully saturated rings. The van der Waals surface area contributed by atoms with Crippen LogP contribution in [0, 0.1) is 16.0 Å². The Morgan fingerprint density at radius 1 is 1.35 bits per heavy atom. The number of nitrogens with zero attached hydrogens (tertiary/aromatic N) is 1. The second kappa shape index (κ2) is 6.47. The Hall–Kier alpha value is -1.95. The molecule has 1 saturated carbocycles. The van der Waals surface area contributed by atoms with Gasteiger partial charge in [0.1, 0.15) is 0 Å². The van der Waals surface area contributed by atoms with Crippen molar-refractivity contribution in [1.82, 2.24) is 5.32 Å². The molecular formula is C14H18N2O4. The molecule has 0 spiro atoms. The Bertz CT molecular complexity index is 480. The number of carbonyl (C=O) groups excluding carboxylic acids is 1. The zero-order chi connectivity index (χ0) is 14.5. The Morgan fingerprint density at radius 3 is 2.50 bits per heavy atom. The highest BCUT2D eigenvalue weighted by Gasteiger charge is 2.23. The molecule has 0 radical (unpaired) electrons. The van der Waals surface area contributed by atoms with Crippen LogP contribution in [0.3, 0.4) is 0 Å². The first-order valence-corrected chi connectivity index (χ1v) is 6.78. The summed E-state index contributed by atoms with van der Waals surface area (Å²) in [6.07, 6.45) is 3.16. The SMILES string of the molecule is O=C(NCC(O)c1ccc([N+](=O)[O-])cc1)C1CCCC1. The van der Waals surface area contributed by atoms with Gasteiger partial charge in [0.25, 0.3) is 5.69 Å². The van der Waals surface area contributed by atoms with E-state index in [-0.39, 0.29) is 24.1 Å². The minimum Gasteiger partial charge on any atom is -0.387 e. The van der Waals surface area contributed by atoms with Crippen molar-refractivity contribution in [3.8, 4) is 0 Å². The van der Waals surface area contributed by atoms with Gasteiger partial charge in [-0.1, -0.05) is 12.8 Å². The smallest absolute Gasteiger partial charge is 0.269 e. The molecule has 1 aliphatic carbocycles. The first-order chi connectivity index (χ1) is 9.58. The van der Waals surface area contributed by atoms with E-state index in [9.17, 15) is 20.0 Å². The van der Waals surface area contributed by atoms with Crippen molar-refractivity contribution in [3.63, 3.8) is 0 Å². The van der Waals surface area contributed by atoms with E-state index in [0.29, 0.717) is 5.56 Å². The highest BCUT2D eigenvalue weighted by atomic mass is 16.6. The molecule has 1 aromatic carbocycles. The van der Waals surface area contributed by atoms with Gasteiger partial charge >= 0.3 is 0 Å². The van der Waals surface area contributed by atoms with Crippen molar-refractivity contribution < 1.29 is 14.8 Å². The molecule has 1 amide bonds. The molecule has 0 heterocycles. The second-order valence-electron chi connectivity index (χ2n) is 5.09. The molecule has 0 saturated heterocycles. The highest BCUT2D eigenvalue weighted by Crippen LogP contribution is 2.25. The number of nitro groups is 1. The zero-order valence-electron chi connectivity index (χ0n) is 11.1. The lowest BCUT2D eigenvalue weighted by atomic mass is 10.1. The van der Waals surface area contributed by atoms with Crippen LogP contribution in [-0.2, 0) is 4.79 Å². The predicted octanol–water partition coefficient (Wildman–Crippen LogP) is 1.93. The molecule has 0 aliphatic heterocycles. The van der Waals surface area contributed by atoms with E-state index in [4.69, 9.17) is 0 Å². The third-order valence-corrected chi connectivity index (χ3v) is 3.68. The number of benzene rings is 1. The fourth-order valence-corrected chi connectivity index (χ4v) is 2.47. The number of hydrogen-bond donors (Lipinski definition) is 2. The monoisotopic (exact) mass is 278 g/mol. The van der Waals surface area contributed by atoms with E-state index >= 15 is 0 Å². The van der Waals surface area contributed by atoms with Crippen LogP contribution in [0.5, 0.6) is 0 Å². The summed E-state index contributed by atoms with van der Waals surface area (Å²) >= 11 is 0. The maximum Gasteiger partial charge on any atom is 0.269 e. The summed E-state index contributed by atoms with van der Waals surface area (Å²) in [5.74, 6) is 0.0579. The average molecular weight is 278 g/mol. The molecule has 0 bridgehead atoms. The van der Waals surface area contributed by atoms with Gasteiger partial charge in [-0.05, 0) is 30.5 Å². The van der Waals surface area contributed by atoms with Gasteiger partial charge in [-0.25, -0.2) is 0 Å². The molecule has 0 aromatic heterocycles. The van der Waals surface area contributed by atoms with E-state index in [1.165, 1.54) is 24.3 Å². The molecule has 20 heavy (non-hydrogen) atoms. The van der Waals surface area contributed by atoms with Crippen LogP contribution in [0.15, 0.2) is 24.3 Å². The van der Waals surface area contributed by atoms with Gasteiger partial charge in [0.2, 0.25) is 5.91 Å². The van der Waals surface area contributed by atoms with Crippen LogP contribution in [0.2, 0.25) is 0 Å². The van der Waals surface area contributed by atoms with E-state index in [2.05, 4.69) is 5.32 Å². The summed E-state index contributed by atoms with van der Waals surface area (Å²) in [7, 11) is 0. The minimum absolute atomic E-state index is 0.0107. The van der Waals surface area contributed by atoms with Gasteiger partial charge < -0.3 is 10.4 Å². The maximum atomic E-state index is 11.8. The van der Waals surface area contributed by atoms with Crippen molar-refractivity contribution in [2.24, 2.45) is 5.92 Å². The molecular weight excluding hydrogens is 260 g/mol. The van der Waals surface area contributed by atoms with Crippen LogP contribution in [0.25, 0.3) is 0 Å². The zero-order valence-corrected chi connectivity index (χ0v) is 11.1. The maximum absolute atomic E-state index is 11.8. The highest BCUT2D eigenvalue weighted by molar-refractivity contribution is 5.78. The topological polar surface area (TPSA) is 92.5 Å². The Balaban J connectivity index is 1.86. The standard InChI is InChI=1S/C14H18N2O4/c17-13(9-15-14(18)11-3-1-2-4-11)10-5-7-12(8-6-10)16(19)20/h5-8,11,13,17H,1-4,9H2,(H,15,18). The molecule has 1 aromatic rings. The molecule has 6 nitrogen and oxygen atoms in total. The lowest BCUT2D eigenvalue weighted by Crippen LogP contribution is -2.32. The summed E-state index contributed by atoms with van der Waals surface area (Å²) in [6, 6.07) is 5.70. The summed E-state index contributed by atoms with van der Waals surface area (Å²) in [4.78, 5) is 21.9. The van der Waals surface area contributed by atoms with E-state index in [1.807, 2.05) is 0 Å². The number of rotatable bonds is 5. The molecule has 1 unspecified atom stereocenters. The van der Waals surface area contributed by atoms with Crippen molar-refractivity contribution in [3.05, 3.63) is 39.9 Å². The molecule has 6 heteroatoms. The Morgan fingerprint density at radius 2 is 1.95 bits per heavy atom. The van der Waals surface area contributed by atoms with E-state index < -0.39 is 11.0 Å². The first-order valence-electron chi connectivity index (χ1n) is 6.78. The number of amides is 1. The summed E-state index contributed by atoms with van der Waals surface area (Å²) in [5, 5.41) is 23.2. The van der Waals surface area contributed by atoms with Crippen molar-refractivity contribution in [2.75, 3.05) is 6.54 Å². The third kappa shape index (κ3) is 3.54. The number of nitrogens with one attached hydrogen (secondary N) is 1. The van der Waals surface area contributed by atoms with E-state index in [1.54, 1.807) is 0 Å². The third-order valence-electron chi connectivity index (χ3n) is 3.68. The fourth-order valence-electron chi connectivity index (χ4n) is 2.47. The van der Waals surface area contributed by atoms with Crippen molar-refractivity contribution in [1.29, 1.82) is 0 Å². The lowest BCUT2D eigenvalue weighted by molar-refractivity contribution is -0.384. The first kappa shape index (κ1) is 14.5. The van der Waals surface area contributed by atoms with Gasteiger partial charge in [-0.3, -0.25) is 14.9 Å². The van der Waals surface area contributed by atoms with Gasteiger partial charge in [0.15, 0.2) is 0 Å². The molecule has 2 rings (SSSR count). The molecule has 1 aliphatic rings. The summed E-state index contributed by atoms with van der Waals surface area (Å²) in [5.41, 5.74) is 0.540. The van der Waals surface area contributed by atoms with Gasteiger partial charge in [0.05, 0.1) is 11.0 Å². The normalized spacial score (nSPS) is 16.9. The van der Waals surface area contributed by atoms with E-state index in [0.717, 1.165) is 25.7 Å². The number of aliphatic hydroxyl groups excluding tert-OH is 1. The second-order valence-corrected chi connectivity index (χ2v) is 5.09. The quantitative estimate of drug-likeness (QED) is 0.636. The van der Waals surface area contributed by atoms with Crippen LogP contribution < -0.4 is 5.32 Å². The van der Waals surface area contributed by atoms with Crippen LogP contribution in [0.1, 0.15) is 37.4 Å².